The lowest BCUT2D eigenvalue weighted by Gasteiger charge is -2.34. The van der Waals surface area contributed by atoms with Crippen molar-refractivity contribution < 1.29 is 22.9 Å². The van der Waals surface area contributed by atoms with Gasteiger partial charge in [-0.15, -0.1) is 0 Å². The van der Waals surface area contributed by atoms with Gasteiger partial charge in [0.05, 0.1) is 9.82 Å². The van der Waals surface area contributed by atoms with Gasteiger partial charge in [0.1, 0.15) is 5.60 Å². The molecule has 1 atom stereocenters. The van der Waals surface area contributed by atoms with Crippen LogP contribution in [0.5, 0.6) is 0 Å². The first-order valence-electron chi connectivity index (χ1n) is 8.23. The molecule has 0 saturated carbocycles. The smallest absolute Gasteiger partial charge is 0.410 e. The summed E-state index contributed by atoms with van der Waals surface area (Å²) < 4.78 is 32.8. The van der Waals surface area contributed by atoms with Crippen molar-refractivity contribution in [1.29, 1.82) is 0 Å². The summed E-state index contributed by atoms with van der Waals surface area (Å²) in [6.07, 6.45) is 0.759. The lowest BCUT2D eigenvalue weighted by Crippen LogP contribution is -2.50. The lowest BCUT2D eigenvalue weighted by molar-refractivity contribution is -0.384. The van der Waals surface area contributed by atoms with Crippen molar-refractivity contribution >= 4 is 21.8 Å². The number of carbonyl (C=O) groups is 1. The monoisotopic (exact) mass is 385 g/mol. The molecule has 0 aliphatic carbocycles. The number of benzene rings is 1. The first kappa shape index (κ1) is 20.1. The first-order chi connectivity index (χ1) is 12.0. The number of carbonyl (C=O) groups excluding carboxylic acids is 1. The molecule has 9 nitrogen and oxygen atoms in total. The number of ether oxygens (including phenoxy) is 1. The van der Waals surface area contributed by atoms with Gasteiger partial charge in [-0.05, 0) is 45.7 Å². The number of nitrogens with one attached hydrogen (secondary N) is 1. The number of piperidine rings is 1. The van der Waals surface area contributed by atoms with Gasteiger partial charge in [0, 0.05) is 31.3 Å². The predicted molar refractivity (Wildman–Crippen MR) is 94.2 cm³/mol. The summed E-state index contributed by atoms with van der Waals surface area (Å²) >= 11 is 0. The van der Waals surface area contributed by atoms with Crippen molar-refractivity contribution in [2.75, 3.05) is 13.1 Å². The molecular weight excluding hydrogens is 362 g/mol. The largest absolute Gasteiger partial charge is 0.444 e. The number of hydrogen-bond donors (Lipinski definition) is 1. The Hall–Kier alpha value is -2.20. The maximum absolute atomic E-state index is 12.5. The second-order valence-corrected chi connectivity index (χ2v) is 8.85. The molecule has 0 bridgehead atoms. The predicted octanol–water partition coefficient (Wildman–Crippen LogP) is 2.27. The average molecular weight is 385 g/mol. The number of nitro groups is 1. The second-order valence-electron chi connectivity index (χ2n) is 7.14. The summed E-state index contributed by atoms with van der Waals surface area (Å²) in [5.74, 6) is 0. The zero-order valence-corrected chi connectivity index (χ0v) is 15.8. The Bertz CT molecular complexity index is 770. The third-order valence-electron chi connectivity index (χ3n) is 3.75. The third kappa shape index (κ3) is 5.40. The highest BCUT2D eigenvalue weighted by atomic mass is 32.2. The number of amides is 1. The van der Waals surface area contributed by atoms with E-state index >= 15 is 0 Å². The number of non-ortho nitro benzene ring substituents is 1. The van der Waals surface area contributed by atoms with E-state index in [1.165, 1.54) is 17.0 Å². The Morgan fingerprint density at radius 3 is 2.46 bits per heavy atom. The van der Waals surface area contributed by atoms with E-state index in [2.05, 4.69) is 4.72 Å². The van der Waals surface area contributed by atoms with Crippen LogP contribution in [0.15, 0.2) is 29.2 Å². The molecule has 10 heteroatoms. The summed E-state index contributed by atoms with van der Waals surface area (Å²) in [4.78, 5) is 23.7. The van der Waals surface area contributed by atoms with E-state index < -0.39 is 32.7 Å². The zero-order chi connectivity index (χ0) is 19.5. The SMILES string of the molecule is CC(C)(C)OC(=O)N1CCC[C@H](NS(=O)(=O)c2ccc([N+](=O)[O-])cc2)C1. The fraction of sp³-hybridized carbons (Fsp3) is 0.562. The standard InChI is InChI=1S/C16H23N3O6S/c1-16(2,3)25-15(20)18-10-4-5-12(11-18)17-26(23,24)14-8-6-13(7-9-14)19(21)22/h6-9,12,17H,4-5,10-11H2,1-3H3/t12-/m0/s1. The molecule has 0 radical (unpaired) electrons. The second kappa shape index (κ2) is 7.58. The van der Waals surface area contributed by atoms with E-state index in [9.17, 15) is 23.3 Å². The summed E-state index contributed by atoms with van der Waals surface area (Å²) in [6, 6.07) is 4.21. The molecule has 1 aromatic carbocycles. The fourth-order valence-electron chi connectivity index (χ4n) is 2.60. The maximum Gasteiger partial charge on any atom is 0.410 e. The molecule has 26 heavy (non-hydrogen) atoms. The molecular formula is C16H23N3O6S. The van der Waals surface area contributed by atoms with E-state index in [-0.39, 0.29) is 17.1 Å². The summed E-state index contributed by atoms with van der Waals surface area (Å²) in [5.41, 5.74) is -0.805. The van der Waals surface area contributed by atoms with Crippen LogP contribution in [-0.2, 0) is 14.8 Å². The molecule has 0 aromatic heterocycles. The number of nitro benzene ring substituents is 1. The normalized spacial score (nSPS) is 18.4. The van der Waals surface area contributed by atoms with Crippen molar-refractivity contribution in [3.05, 3.63) is 34.4 Å². The van der Waals surface area contributed by atoms with Crippen molar-refractivity contribution in [3.8, 4) is 0 Å². The van der Waals surface area contributed by atoms with Crippen molar-refractivity contribution in [2.24, 2.45) is 0 Å². The van der Waals surface area contributed by atoms with Gasteiger partial charge in [-0.1, -0.05) is 0 Å². The minimum Gasteiger partial charge on any atom is -0.444 e. The number of rotatable bonds is 4. The summed E-state index contributed by atoms with van der Waals surface area (Å²) in [7, 11) is -3.84. The molecule has 1 aliphatic rings. The van der Waals surface area contributed by atoms with Crippen LogP contribution >= 0.6 is 0 Å². The Kier molecular flexibility index (Phi) is 5.87. The quantitative estimate of drug-likeness (QED) is 0.627. The van der Waals surface area contributed by atoms with Gasteiger partial charge in [0.15, 0.2) is 0 Å². The van der Waals surface area contributed by atoms with Gasteiger partial charge in [0.25, 0.3) is 5.69 Å². The Labute approximate surface area is 152 Å². The van der Waals surface area contributed by atoms with E-state index in [0.29, 0.717) is 19.4 Å². The van der Waals surface area contributed by atoms with Crippen molar-refractivity contribution in [3.63, 3.8) is 0 Å². The Balaban J connectivity index is 2.04. The molecule has 144 valence electrons. The van der Waals surface area contributed by atoms with Gasteiger partial charge in [-0.3, -0.25) is 10.1 Å². The third-order valence-corrected chi connectivity index (χ3v) is 5.29. The highest BCUT2D eigenvalue weighted by Crippen LogP contribution is 2.19. The van der Waals surface area contributed by atoms with E-state index in [1.807, 2.05) is 0 Å². The van der Waals surface area contributed by atoms with Gasteiger partial charge < -0.3 is 9.64 Å². The molecule has 1 fully saturated rings. The first-order valence-corrected chi connectivity index (χ1v) is 9.71. The fourth-order valence-corrected chi connectivity index (χ4v) is 3.86. The number of sulfonamides is 1. The Morgan fingerprint density at radius 1 is 1.31 bits per heavy atom. The Morgan fingerprint density at radius 2 is 1.92 bits per heavy atom. The lowest BCUT2D eigenvalue weighted by atomic mass is 10.1. The van der Waals surface area contributed by atoms with Crippen molar-refractivity contribution in [2.45, 2.75) is 50.2 Å². The van der Waals surface area contributed by atoms with Crippen LogP contribution in [0.2, 0.25) is 0 Å². The summed E-state index contributed by atoms with van der Waals surface area (Å²) in [6.45, 7) is 6.02. The molecule has 1 heterocycles. The van der Waals surface area contributed by atoms with Gasteiger partial charge >= 0.3 is 6.09 Å². The van der Waals surface area contributed by atoms with E-state index in [0.717, 1.165) is 12.1 Å². The van der Waals surface area contributed by atoms with Crippen LogP contribution < -0.4 is 4.72 Å². The average Bonchev–Trinajstić information content (AvgIpc) is 2.53. The van der Waals surface area contributed by atoms with Crippen LogP contribution in [-0.4, -0.2) is 49.1 Å². The van der Waals surface area contributed by atoms with Crippen LogP contribution in [0.4, 0.5) is 10.5 Å². The highest BCUT2D eigenvalue weighted by Gasteiger charge is 2.30. The molecule has 2 rings (SSSR count). The molecule has 0 unspecified atom stereocenters. The molecule has 1 amide bonds. The van der Waals surface area contributed by atoms with Gasteiger partial charge in [-0.25, -0.2) is 17.9 Å². The number of likely N-dealkylation sites (tertiary alicyclic amines) is 1. The van der Waals surface area contributed by atoms with E-state index in [4.69, 9.17) is 4.74 Å². The van der Waals surface area contributed by atoms with Gasteiger partial charge in [-0.2, -0.15) is 0 Å². The molecule has 1 aliphatic heterocycles. The van der Waals surface area contributed by atoms with E-state index in [1.54, 1.807) is 20.8 Å². The van der Waals surface area contributed by atoms with Crippen LogP contribution in [0.3, 0.4) is 0 Å². The van der Waals surface area contributed by atoms with Crippen molar-refractivity contribution in [1.82, 2.24) is 9.62 Å². The topological polar surface area (TPSA) is 119 Å². The summed E-state index contributed by atoms with van der Waals surface area (Å²) in [5, 5.41) is 10.7. The minimum atomic E-state index is -3.84. The van der Waals surface area contributed by atoms with Crippen LogP contribution in [0.1, 0.15) is 33.6 Å². The molecule has 1 N–H and O–H groups in total. The highest BCUT2D eigenvalue weighted by molar-refractivity contribution is 7.89. The van der Waals surface area contributed by atoms with Crippen LogP contribution in [0.25, 0.3) is 0 Å². The number of hydrogen-bond acceptors (Lipinski definition) is 6. The maximum atomic E-state index is 12.5. The minimum absolute atomic E-state index is 0.0579. The van der Waals surface area contributed by atoms with Gasteiger partial charge in [0.2, 0.25) is 10.0 Å². The molecule has 0 spiro atoms. The van der Waals surface area contributed by atoms with Crippen LogP contribution in [0, 0.1) is 10.1 Å². The molecule has 1 saturated heterocycles. The zero-order valence-electron chi connectivity index (χ0n) is 15.0. The molecule has 1 aromatic rings. The number of nitrogens with zero attached hydrogens (tertiary/aromatic N) is 2.